The van der Waals surface area contributed by atoms with Crippen LogP contribution in [0, 0.1) is 6.92 Å². The molecule has 0 fully saturated rings. The van der Waals surface area contributed by atoms with Gasteiger partial charge in [0, 0.05) is 16.6 Å². The monoisotopic (exact) mass is 291 g/mol. The second-order valence-corrected chi connectivity index (χ2v) is 4.85. The van der Waals surface area contributed by atoms with E-state index in [1.54, 1.807) is 6.07 Å². The van der Waals surface area contributed by atoms with E-state index in [0.717, 1.165) is 22.3 Å². The first-order valence-corrected chi connectivity index (χ1v) is 6.36. The van der Waals surface area contributed by atoms with E-state index < -0.39 is 6.36 Å². The molecule has 5 heteroatoms. The topological polar surface area (TPSA) is 25.0 Å². The Hall–Kier alpha value is -2.43. The number of aryl methyl sites for hydroxylation is 1. The molecule has 21 heavy (non-hydrogen) atoms. The maximum Gasteiger partial charge on any atom is 0.573 e. The summed E-state index contributed by atoms with van der Waals surface area (Å²) < 4.78 is 40.6. The van der Waals surface area contributed by atoms with Crippen molar-refractivity contribution in [2.75, 3.05) is 0 Å². The van der Waals surface area contributed by atoms with Crippen LogP contribution in [-0.2, 0) is 0 Å². The largest absolute Gasteiger partial charge is 0.573 e. The lowest BCUT2D eigenvalue weighted by Crippen LogP contribution is -2.16. The molecule has 2 nitrogen and oxygen atoms in total. The fraction of sp³-hybridized carbons (Fsp3) is 0.125. The molecular formula is C16H12F3NO. The van der Waals surface area contributed by atoms with E-state index in [-0.39, 0.29) is 5.75 Å². The van der Waals surface area contributed by atoms with Gasteiger partial charge in [0.25, 0.3) is 0 Å². The molecule has 0 spiro atoms. The van der Waals surface area contributed by atoms with E-state index in [4.69, 9.17) is 0 Å². The maximum atomic E-state index is 12.2. The third-order valence-electron chi connectivity index (χ3n) is 3.19. The predicted octanol–water partition coefficient (Wildman–Crippen LogP) is 5.04. The van der Waals surface area contributed by atoms with Crippen LogP contribution in [0.2, 0.25) is 0 Å². The Morgan fingerprint density at radius 2 is 1.67 bits per heavy atom. The smallest absolute Gasteiger partial charge is 0.406 e. The molecular weight excluding hydrogens is 279 g/mol. The standard InChI is InChI=1S/C16H12F3NO/c1-10-2-4-11(5-3-10)15-9-12-8-13(21-16(17,18)19)6-7-14(12)20-15/h2-9,20H,1H3. The van der Waals surface area contributed by atoms with E-state index in [2.05, 4.69) is 9.72 Å². The minimum atomic E-state index is -4.68. The molecule has 0 bridgehead atoms. The van der Waals surface area contributed by atoms with Crippen molar-refractivity contribution in [3.05, 3.63) is 54.1 Å². The summed E-state index contributed by atoms with van der Waals surface area (Å²) in [5.41, 5.74) is 3.75. The number of nitrogens with one attached hydrogen (secondary N) is 1. The van der Waals surface area contributed by atoms with Gasteiger partial charge in [-0.05, 0) is 36.8 Å². The number of alkyl halides is 3. The fourth-order valence-corrected chi connectivity index (χ4v) is 2.20. The molecule has 3 rings (SSSR count). The van der Waals surface area contributed by atoms with Gasteiger partial charge in [-0.15, -0.1) is 13.2 Å². The van der Waals surface area contributed by atoms with Gasteiger partial charge in [0.05, 0.1) is 0 Å². The number of hydrogen-bond acceptors (Lipinski definition) is 1. The predicted molar refractivity (Wildman–Crippen MR) is 75.2 cm³/mol. The molecule has 3 aromatic rings. The normalized spacial score (nSPS) is 11.8. The Morgan fingerprint density at radius 1 is 0.952 bits per heavy atom. The van der Waals surface area contributed by atoms with Crippen molar-refractivity contribution in [1.82, 2.24) is 4.98 Å². The highest BCUT2D eigenvalue weighted by molar-refractivity contribution is 5.87. The number of aromatic amines is 1. The SMILES string of the molecule is Cc1ccc(-c2cc3cc(OC(F)(F)F)ccc3[nH]2)cc1. The molecule has 0 saturated carbocycles. The molecule has 0 aliphatic carbocycles. The van der Waals surface area contributed by atoms with Gasteiger partial charge in [-0.3, -0.25) is 0 Å². The highest BCUT2D eigenvalue weighted by Gasteiger charge is 2.31. The van der Waals surface area contributed by atoms with E-state index in [1.807, 2.05) is 37.3 Å². The summed E-state index contributed by atoms with van der Waals surface area (Å²) >= 11 is 0. The van der Waals surface area contributed by atoms with Gasteiger partial charge < -0.3 is 9.72 Å². The van der Waals surface area contributed by atoms with Gasteiger partial charge in [0.2, 0.25) is 0 Å². The number of aromatic nitrogens is 1. The van der Waals surface area contributed by atoms with Crippen LogP contribution in [-0.4, -0.2) is 11.3 Å². The Bertz CT molecular complexity index is 772. The van der Waals surface area contributed by atoms with E-state index >= 15 is 0 Å². The molecule has 108 valence electrons. The number of rotatable bonds is 2. The molecule has 1 aromatic heterocycles. The van der Waals surface area contributed by atoms with Crippen molar-refractivity contribution < 1.29 is 17.9 Å². The van der Waals surface area contributed by atoms with Gasteiger partial charge in [-0.2, -0.15) is 0 Å². The summed E-state index contributed by atoms with van der Waals surface area (Å²) in [5, 5.41) is 0.673. The van der Waals surface area contributed by atoms with Crippen LogP contribution in [0.3, 0.4) is 0 Å². The van der Waals surface area contributed by atoms with E-state index in [1.165, 1.54) is 12.1 Å². The zero-order chi connectivity index (χ0) is 15.0. The molecule has 0 radical (unpaired) electrons. The quantitative estimate of drug-likeness (QED) is 0.702. The average Bonchev–Trinajstić information content (AvgIpc) is 2.80. The number of H-pyrrole nitrogens is 1. The van der Waals surface area contributed by atoms with Crippen molar-refractivity contribution in [3.8, 4) is 17.0 Å². The lowest BCUT2D eigenvalue weighted by Gasteiger charge is -2.08. The molecule has 1 N–H and O–H groups in total. The molecule has 2 aromatic carbocycles. The van der Waals surface area contributed by atoms with E-state index in [9.17, 15) is 13.2 Å². The third-order valence-corrected chi connectivity index (χ3v) is 3.19. The first kappa shape index (κ1) is 13.5. The van der Waals surface area contributed by atoms with Gasteiger partial charge in [-0.25, -0.2) is 0 Å². The molecule has 0 atom stereocenters. The van der Waals surface area contributed by atoms with Crippen LogP contribution in [0.15, 0.2) is 48.5 Å². The molecule has 0 saturated heterocycles. The van der Waals surface area contributed by atoms with Crippen LogP contribution >= 0.6 is 0 Å². The van der Waals surface area contributed by atoms with Gasteiger partial charge in [0.15, 0.2) is 0 Å². The average molecular weight is 291 g/mol. The zero-order valence-electron chi connectivity index (χ0n) is 11.2. The van der Waals surface area contributed by atoms with Gasteiger partial charge >= 0.3 is 6.36 Å². The fourth-order valence-electron chi connectivity index (χ4n) is 2.20. The minimum Gasteiger partial charge on any atom is -0.406 e. The van der Waals surface area contributed by atoms with Crippen LogP contribution in [0.25, 0.3) is 22.2 Å². The molecule has 0 aliphatic heterocycles. The molecule has 0 aliphatic rings. The summed E-state index contributed by atoms with van der Waals surface area (Å²) in [5.74, 6) is -0.218. The first-order valence-electron chi connectivity index (χ1n) is 6.36. The number of ether oxygens (including phenoxy) is 1. The Labute approximate surface area is 119 Å². The Kier molecular flexibility index (Phi) is 3.12. The summed E-state index contributed by atoms with van der Waals surface area (Å²) in [4.78, 5) is 3.18. The van der Waals surface area contributed by atoms with Gasteiger partial charge in [-0.1, -0.05) is 29.8 Å². The number of benzene rings is 2. The highest BCUT2D eigenvalue weighted by atomic mass is 19.4. The van der Waals surface area contributed by atoms with Crippen LogP contribution in [0.4, 0.5) is 13.2 Å². The van der Waals surface area contributed by atoms with Crippen LogP contribution in [0.5, 0.6) is 5.75 Å². The number of halogens is 3. The minimum absolute atomic E-state index is 0.218. The lowest BCUT2D eigenvalue weighted by molar-refractivity contribution is -0.274. The van der Waals surface area contributed by atoms with Crippen molar-refractivity contribution >= 4 is 10.9 Å². The Morgan fingerprint density at radius 3 is 2.33 bits per heavy atom. The highest BCUT2D eigenvalue weighted by Crippen LogP contribution is 2.29. The second kappa shape index (κ2) is 4.84. The van der Waals surface area contributed by atoms with Crippen molar-refractivity contribution in [2.45, 2.75) is 13.3 Å². The Balaban J connectivity index is 1.98. The first-order chi connectivity index (χ1) is 9.90. The van der Waals surface area contributed by atoms with Gasteiger partial charge in [0.1, 0.15) is 5.75 Å². The number of hydrogen-bond donors (Lipinski definition) is 1. The molecule has 0 amide bonds. The summed E-state index contributed by atoms with van der Waals surface area (Å²) in [7, 11) is 0. The maximum absolute atomic E-state index is 12.2. The lowest BCUT2D eigenvalue weighted by atomic mass is 10.1. The van der Waals surface area contributed by atoms with Crippen molar-refractivity contribution in [1.29, 1.82) is 0 Å². The van der Waals surface area contributed by atoms with Crippen LogP contribution in [0.1, 0.15) is 5.56 Å². The summed E-state index contributed by atoms with van der Waals surface area (Å²) in [6.07, 6.45) is -4.68. The van der Waals surface area contributed by atoms with E-state index in [0.29, 0.717) is 5.39 Å². The van der Waals surface area contributed by atoms with Crippen molar-refractivity contribution in [2.24, 2.45) is 0 Å². The summed E-state index contributed by atoms with van der Waals surface area (Å²) in [6, 6.07) is 14.0. The van der Waals surface area contributed by atoms with Crippen LogP contribution < -0.4 is 4.74 Å². The van der Waals surface area contributed by atoms with Crippen molar-refractivity contribution in [3.63, 3.8) is 0 Å². The number of fused-ring (bicyclic) bond motifs is 1. The zero-order valence-corrected chi connectivity index (χ0v) is 11.2. The molecule has 1 heterocycles. The summed E-state index contributed by atoms with van der Waals surface area (Å²) in [6.45, 7) is 2.00. The molecule has 0 unspecified atom stereocenters. The third kappa shape index (κ3) is 3.02. The second-order valence-electron chi connectivity index (χ2n) is 4.85.